The maximum absolute atomic E-state index is 4.95. The van der Waals surface area contributed by atoms with Crippen LogP contribution in [-0.2, 0) is 0 Å². The molecule has 2 heteroatoms. The van der Waals surface area contributed by atoms with E-state index in [4.69, 9.17) is 4.99 Å². The first-order valence-electron chi connectivity index (χ1n) is 10.1. The number of hydrogen-bond donors (Lipinski definition) is 0. The molecule has 0 N–H and O–H groups in total. The molecule has 0 amide bonds. The predicted molar refractivity (Wildman–Crippen MR) is 122 cm³/mol. The lowest BCUT2D eigenvalue weighted by molar-refractivity contribution is 0.601. The minimum atomic E-state index is -0.117. The van der Waals surface area contributed by atoms with E-state index in [2.05, 4.69) is 109 Å². The summed E-state index contributed by atoms with van der Waals surface area (Å²) < 4.78 is 1.19. The van der Waals surface area contributed by atoms with Gasteiger partial charge in [-0.1, -0.05) is 80.6 Å². The SMILES string of the molecule is CC1(C)C2=C(C=C3N=c4ccccc4=C31)C(Br)=C1C=CC(c3ccccc3)C=C12. The van der Waals surface area contributed by atoms with Crippen LogP contribution in [0.1, 0.15) is 25.3 Å². The molecule has 6 rings (SSSR count). The van der Waals surface area contributed by atoms with Crippen molar-refractivity contribution in [3.63, 3.8) is 0 Å². The first kappa shape index (κ1) is 17.2. The molecule has 1 unspecified atom stereocenters. The molecule has 1 nitrogen and oxygen atoms in total. The largest absolute Gasteiger partial charge is 0.248 e. The Morgan fingerprint density at radius 3 is 2.48 bits per heavy atom. The van der Waals surface area contributed by atoms with Gasteiger partial charge >= 0.3 is 0 Å². The average molecular weight is 438 g/mol. The van der Waals surface area contributed by atoms with E-state index in [0.717, 1.165) is 11.1 Å². The summed E-state index contributed by atoms with van der Waals surface area (Å²) in [6, 6.07) is 19.3. The van der Waals surface area contributed by atoms with Gasteiger partial charge in [0.1, 0.15) is 0 Å². The van der Waals surface area contributed by atoms with Crippen molar-refractivity contribution in [3.05, 3.63) is 128 Å². The highest BCUT2D eigenvalue weighted by molar-refractivity contribution is 9.12. The molecule has 3 aliphatic carbocycles. The van der Waals surface area contributed by atoms with E-state index in [1.165, 1.54) is 43.1 Å². The van der Waals surface area contributed by atoms with Crippen LogP contribution < -0.4 is 10.6 Å². The summed E-state index contributed by atoms with van der Waals surface area (Å²) in [6.07, 6.45) is 9.31. The van der Waals surface area contributed by atoms with Crippen LogP contribution in [0.25, 0.3) is 5.57 Å². The van der Waals surface area contributed by atoms with Gasteiger partial charge in [0.05, 0.1) is 11.1 Å². The Morgan fingerprint density at radius 1 is 0.897 bits per heavy atom. The van der Waals surface area contributed by atoms with Crippen molar-refractivity contribution in [2.75, 3.05) is 0 Å². The number of para-hydroxylation sites is 1. The Morgan fingerprint density at radius 2 is 1.66 bits per heavy atom. The molecule has 0 spiro atoms. The van der Waals surface area contributed by atoms with Gasteiger partial charge in [-0.25, -0.2) is 4.99 Å². The predicted octanol–water partition coefficient (Wildman–Crippen LogP) is 5.63. The molecular formula is C27H20BrN. The highest BCUT2D eigenvalue weighted by Crippen LogP contribution is 2.57. The Labute approximate surface area is 179 Å². The van der Waals surface area contributed by atoms with E-state index in [1.807, 2.05) is 0 Å². The molecule has 0 bridgehead atoms. The number of nitrogens with zero attached hydrogens (tertiary/aromatic N) is 1. The quantitative estimate of drug-likeness (QED) is 0.547. The van der Waals surface area contributed by atoms with Crippen LogP contribution in [0.4, 0.5) is 0 Å². The highest BCUT2D eigenvalue weighted by Gasteiger charge is 2.44. The zero-order valence-electron chi connectivity index (χ0n) is 16.4. The highest BCUT2D eigenvalue weighted by atomic mass is 79.9. The second-order valence-corrected chi connectivity index (χ2v) is 9.34. The Hall–Kier alpha value is -2.71. The Bertz CT molecular complexity index is 1360. The van der Waals surface area contributed by atoms with Crippen molar-refractivity contribution in [3.8, 4) is 0 Å². The molecule has 0 fully saturated rings. The van der Waals surface area contributed by atoms with Crippen molar-refractivity contribution in [1.82, 2.24) is 0 Å². The molecule has 29 heavy (non-hydrogen) atoms. The van der Waals surface area contributed by atoms with Gasteiger partial charge in [-0.15, -0.1) is 0 Å². The van der Waals surface area contributed by atoms with E-state index in [9.17, 15) is 0 Å². The van der Waals surface area contributed by atoms with Crippen LogP contribution in [0, 0.1) is 5.41 Å². The van der Waals surface area contributed by atoms with Crippen LogP contribution in [0.5, 0.6) is 0 Å². The molecule has 0 aromatic heterocycles. The Kier molecular flexibility index (Phi) is 3.49. The molecule has 140 valence electrons. The fraction of sp³-hybridized carbons (Fsp3) is 0.148. The zero-order valence-corrected chi connectivity index (χ0v) is 18.0. The number of rotatable bonds is 1. The van der Waals surface area contributed by atoms with Crippen molar-refractivity contribution < 1.29 is 0 Å². The van der Waals surface area contributed by atoms with E-state index in [0.29, 0.717) is 5.92 Å². The minimum Gasteiger partial charge on any atom is -0.248 e. The topological polar surface area (TPSA) is 12.4 Å². The Balaban J connectivity index is 1.58. The summed E-state index contributed by atoms with van der Waals surface area (Å²) in [7, 11) is 0. The maximum atomic E-state index is 4.95. The standard InChI is InChI=1S/C27H20BrN/c1-27(2)24-20-14-17(16-8-4-3-5-9-16)12-13-18(20)26(28)21(24)15-23-25(27)19-10-6-7-11-22(19)29-23/h3-15,17H,1-2H3. The van der Waals surface area contributed by atoms with Crippen LogP contribution in [0.3, 0.4) is 0 Å². The number of hydrogen-bond acceptors (Lipinski definition) is 1. The van der Waals surface area contributed by atoms with Gasteiger partial charge in [-0.2, -0.15) is 0 Å². The maximum Gasteiger partial charge on any atom is 0.0713 e. The smallest absolute Gasteiger partial charge is 0.0713 e. The van der Waals surface area contributed by atoms with E-state index < -0.39 is 0 Å². The summed E-state index contributed by atoms with van der Waals surface area (Å²) in [5.74, 6) is 0.300. The van der Waals surface area contributed by atoms with Gasteiger partial charge in [0, 0.05) is 21.0 Å². The number of allylic oxidation sites excluding steroid dienone is 10. The van der Waals surface area contributed by atoms with Gasteiger partial charge in [0.2, 0.25) is 0 Å². The molecule has 1 aliphatic heterocycles. The molecule has 2 aromatic carbocycles. The van der Waals surface area contributed by atoms with E-state index in [1.54, 1.807) is 0 Å². The molecule has 0 saturated heterocycles. The van der Waals surface area contributed by atoms with Crippen molar-refractivity contribution in [2.24, 2.45) is 10.4 Å². The van der Waals surface area contributed by atoms with Gasteiger partial charge in [0.25, 0.3) is 0 Å². The summed E-state index contributed by atoms with van der Waals surface area (Å²) in [5.41, 5.74) is 9.02. The third-order valence-electron chi connectivity index (χ3n) is 6.50. The summed E-state index contributed by atoms with van der Waals surface area (Å²) in [6.45, 7) is 4.70. The van der Waals surface area contributed by atoms with E-state index in [-0.39, 0.29) is 5.41 Å². The van der Waals surface area contributed by atoms with Crippen molar-refractivity contribution in [2.45, 2.75) is 19.8 Å². The number of fused-ring (bicyclic) bond motifs is 4. The third kappa shape index (κ3) is 2.30. The van der Waals surface area contributed by atoms with Crippen LogP contribution in [-0.4, -0.2) is 0 Å². The first-order valence-corrected chi connectivity index (χ1v) is 10.9. The third-order valence-corrected chi connectivity index (χ3v) is 7.36. The van der Waals surface area contributed by atoms with Crippen LogP contribution >= 0.6 is 15.9 Å². The van der Waals surface area contributed by atoms with Crippen LogP contribution in [0.15, 0.2) is 116 Å². The number of halogens is 1. The van der Waals surface area contributed by atoms with E-state index >= 15 is 0 Å². The second kappa shape index (κ2) is 5.90. The fourth-order valence-corrected chi connectivity index (χ4v) is 5.90. The normalized spacial score (nSPS) is 23.1. The summed E-state index contributed by atoms with van der Waals surface area (Å²) in [4.78, 5) is 4.95. The van der Waals surface area contributed by atoms with Gasteiger partial charge < -0.3 is 0 Å². The number of benzene rings is 2. The summed E-state index contributed by atoms with van der Waals surface area (Å²) >= 11 is 3.92. The molecule has 0 radical (unpaired) electrons. The lowest BCUT2D eigenvalue weighted by Crippen LogP contribution is -2.30. The fourth-order valence-electron chi connectivity index (χ4n) is 5.24. The lowest BCUT2D eigenvalue weighted by atomic mass is 9.68. The molecule has 2 aromatic rings. The van der Waals surface area contributed by atoms with Crippen LogP contribution in [0.2, 0.25) is 0 Å². The second-order valence-electron chi connectivity index (χ2n) is 8.55. The molecule has 1 heterocycles. The molecular weight excluding hydrogens is 418 g/mol. The molecule has 0 saturated carbocycles. The minimum absolute atomic E-state index is 0.117. The van der Waals surface area contributed by atoms with Crippen molar-refractivity contribution >= 4 is 21.5 Å². The first-order chi connectivity index (χ1) is 14.1. The lowest BCUT2D eigenvalue weighted by Gasteiger charge is -2.35. The molecule has 4 aliphatic rings. The van der Waals surface area contributed by atoms with Gasteiger partial charge in [-0.05, 0) is 61.5 Å². The zero-order chi connectivity index (χ0) is 19.8. The molecule has 1 atom stereocenters. The van der Waals surface area contributed by atoms with Gasteiger partial charge in [-0.3, -0.25) is 0 Å². The summed E-state index contributed by atoms with van der Waals surface area (Å²) in [5, 5.41) is 2.36. The monoisotopic (exact) mass is 437 g/mol. The van der Waals surface area contributed by atoms with Gasteiger partial charge in [0.15, 0.2) is 0 Å². The average Bonchev–Trinajstić information content (AvgIpc) is 3.25. The van der Waals surface area contributed by atoms with Crippen molar-refractivity contribution in [1.29, 1.82) is 0 Å².